The summed E-state index contributed by atoms with van der Waals surface area (Å²) in [6.07, 6.45) is -0.512. The lowest BCUT2D eigenvalue weighted by molar-refractivity contribution is -0.141. The summed E-state index contributed by atoms with van der Waals surface area (Å²) in [5, 5.41) is 18.8. The number of benzene rings is 1. The van der Waals surface area contributed by atoms with Crippen molar-refractivity contribution in [3.63, 3.8) is 0 Å². The molecule has 2 aliphatic rings. The highest BCUT2D eigenvalue weighted by Gasteiger charge is 2.52. The van der Waals surface area contributed by atoms with Crippen molar-refractivity contribution in [1.29, 1.82) is 0 Å². The number of rotatable bonds is 4. The number of aliphatic carboxylic acids is 1. The molecule has 0 saturated carbocycles. The number of carboxylic acids is 1. The van der Waals surface area contributed by atoms with Crippen LogP contribution >= 0.6 is 0 Å². The first kappa shape index (κ1) is 18.5. The molecule has 0 radical (unpaired) electrons. The Morgan fingerprint density at radius 3 is 2.38 bits per heavy atom. The molecule has 1 aromatic rings. The standard InChI is InChI=1S/C16H20N2O7S/c1-25-11-2-4-12(5-3-11)26(23,24)18-13(15(19)20)8-10-6-7-17(16(21)22)9-14(10)18/h2-5,10,13-14H,6-9H2,1H3,(H,19,20)(H,21,22)/t10?,13?,14-/m0/s1. The maximum Gasteiger partial charge on any atom is 0.407 e. The lowest BCUT2D eigenvalue weighted by atomic mass is 9.92. The average molecular weight is 384 g/mol. The Labute approximate surface area is 150 Å². The van der Waals surface area contributed by atoms with Crippen molar-refractivity contribution in [1.82, 2.24) is 9.21 Å². The zero-order valence-corrected chi connectivity index (χ0v) is 14.9. The van der Waals surface area contributed by atoms with Gasteiger partial charge in [0.2, 0.25) is 10.0 Å². The van der Waals surface area contributed by atoms with Gasteiger partial charge in [-0.1, -0.05) is 0 Å². The monoisotopic (exact) mass is 384 g/mol. The van der Waals surface area contributed by atoms with E-state index in [1.807, 2.05) is 0 Å². The molecule has 142 valence electrons. The molecule has 2 fully saturated rings. The second-order valence-corrected chi connectivity index (χ2v) is 8.29. The van der Waals surface area contributed by atoms with E-state index in [0.29, 0.717) is 12.2 Å². The van der Waals surface area contributed by atoms with E-state index in [4.69, 9.17) is 4.74 Å². The highest BCUT2D eigenvalue weighted by molar-refractivity contribution is 7.89. The van der Waals surface area contributed by atoms with Gasteiger partial charge in [-0.3, -0.25) is 4.79 Å². The number of fused-ring (bicyclic) bond motifs is 1. The predicted molar refractivity (Wildman–Crippen MR) is 89.6 cm³/mol. The molecule has 1 aromatic carbocycles. The van der Waals surface area contributed by atoms with Crippen molar-refractivity contribution in [3.05, 3.63) is 24.3 Å². The summed E-state index contributed by atoms with van der Waals surface area (Å²) in [4.78, 5) is 24.1. The Balaban J connectivity index is 1.99. The van der Waals surface area contributed by atoms with Gasteiger partial charge < -0.3 is 19.8 Å². The van der Waals surface area contributed by atoms with Crippen LogP contribution in [0.1, 0.15) is 12.8 Å². The van der Waals surface area contributed by atoms with Gasteiger partial charge in [-0.05, 0) is 43.0 Å². The molecule has 9 nitrogen and oxygen atoms in total. The molecule has 10 heteroatoms. The smallest absolute Gasteiger partial charge is 0.407 e. The van der Waals surface area contributed by atoms with Crippen LogP contribution in [0.2, 0.25) is 0 Å². The molecule has 2 aliphatic heterocycles. The molecule has 0 aliphatic carbocycles. The van der Waals surface area contributed by atoms with E-state index in [2.05, 4.69) is 0 Å². The van der Waals surface area contributed by atoms with Crippen molar-refractivity contribution in [2.75, 3.05) is 20.2 Å². The van der Waals surface area contributed by atoms with Crippen LogP contribution in [0.3, 0.4) is 0 Å². The molecule has 0 spiro atoms. The number of carbonyl (C=O) groups is 2. The molecule has 26 heavy (non-hydrogen) atoms. The zero-order valence-electron chi connectivity index (χ0n) is 14.1. The lowest BCUT2D eigenvalue weighted by Gasteiger charge is -2.37. The molecule has 2 unspecified atom stereocenters. The molecular formula is C16H20N2O7S. The molecule has 2 saturated heterocycles. The van der Waals surface area contributed by atoms with Gasteiger partial charge in [0.15, 0.2) is 0 Å². The summed E-state index contributed by atoms with van der Waals surface area (Å²) in [7, 11) is -2.64. The fourth-order valence-corrected chi connectivity index (χ4v) is 5.59. The Kier molecular flexibility index (Phi) is 4.80. The number of nitrogens with zero attached hydrogens (tertiary/aromatic N) is 2. The third kappa shape index (κ3) is 3.10. The minimum atomic E-state index is -4.10. The van der Waals surface area contributed by atoms with Gasteiger partial charge in [-0.15, -0.1) is 0 Å². The van der Waals surface area contributed by atoms with Crippen LogP contribution in [0.5, 0.6) is 5.75 Å². The van der Waals surface area contributed by atoms with Crippen LogP contribution in [-0.2, 0) is 14.8 Å². The highest BCUT2D eigenvalue weighted by Crippen LogP contribution is 2.39. The van der Waals surface area contributed by atoms with Crippen LogP contribution in [0.15, 0.2) is 29.2 Å². The summed E-state index contributed by atoms with van der Waals surface area (Å²) in [5.41, 5.74) is 0. The van der Waals surface area contributed by atoms with Gasteiger partial charge in [0.05, 0.1) is 12.0 Å². The van der Waals surface area contributed by atoms with E-state index in [1.54, 1.807) is 0 Å². The minimum Gasteiger partial charge on any atom is -0.497 e. The Bertz CT molecular complexity index is 808. The summed E-state index contributed by atoms with van der Waals surface area (Å²) in [6.45, 7) is 0.248. The van der Waals surface area contributed by atoms with Crippen molar-refractivity contribution in [3.8, 4) is 5.75 Å². The number of amides is 1. The molecular weight excluding hydrogens is 364 g/mol. The molecule has 3 rings (SSSR count). The van der Waals surface area contributed by atoms with Crippen LogP contribution in [0.4, 0.5) is 4.79 Å². The minimum absolute atomic E-state index is 0.0286. The number of ether oxygens (including phenoxy) is 1. The van der Waals surface area contributed by atoms with E-state index < -0.39 is 34.2 Å². The van der Waals surface area contributed by atoms with Gasteiger partial charge in [-0.2, -0.15) is 4.31 Å². The zero-order chi connectivity index (χ0) is 19.1. The van der Waals surface area contributed by atoms with E-state index >= 15 is 0 Å². The number of sulfonamides is 1. The highest BCUT2D eigenvalue weighted by atomic mass is 32.2. The van der Waals surface area contributed by atoms with Crippen LogP contribution in [0.25, 0.3) is 0 Å². The lowest BCUT2D eigenvalue weighted by Crippen LogP contribution is -2.53. The number of methoxy groups -OCH3 is 1. The normalized spacial score (nSPS) is 26.3. The summed E-state index contributed by atoms with van der Waals surface area (Å²) in [6, 6.07) is 3.80. The molecule has 1 amide bonds. The van der Waals surface area contributed by atoms with E-state index in [1.165, 1.54) is 31.4 Å². The van der Waals surface area contributed by atoms with Gasteiger partial charge in [0.25, 0.3) is 0 Å². The van der Waals surface area contributed by atoms with Gasteiger partial charge in [-0.25, -0.2) is 13.2 Å². The van der Waals surface area contributed by atoms with Gasteiger partial charge in [0.1, 0.15) is 11.8 Å². The first-order valence-electron chi connectivity index (χ1n) is 8.14. The molecule has 0 bridgehead atoms. The average Bonchev–Trinajstić information content (AvgIpc) is 3.01. The quantitative estimate of drug-likeness (QED) is 0.790. The Morgan fingerprint density at radius 1 is 1.19 bits per heavy atom. The van der Waals surface area contributed by atoms with Crippen molar-refractivity contribution in [2.45, 2.75) is 29.8 Å². The summed E-state index contributed by atoms with van der Waals surface area (Å²) >= 11 is 0. The van der Waals surface area contributed by atoms with Gasteiger partial charge >= 0.3 is 12.1 Å². The van der Waals surface area contributed by atoms with Gasteiger partial charge in [0, 0.05) is 19.1 Å². The fraction of sp³-hybridized carbons (Fsp3) is 0.500. The summed E-state index contributed by atoms with van der Waals surface area (Å²) in [5.74, 6) is -0.925. The van der Waals surface area contributed by atoms with E-state index in [-0.39, 0.29) is 30.3 Å². The Morgan fingerprint density at radius 2 is 1.85 bits per heavy atom. The Hall–Kier alpha value is -2.33. The van der Waals surface area contributed by atoms with Crippen molar-refractivity contribution >= 4 is 22.1 Å². The fourth-order valence-electron chi connectivity index (χ4n) is 3.76. The molecule has 0 aromatic heterocycles. The number of likely N-dealkylation sites (tertiary alicyclic amines) is 1. The topological polar surface area (TPSA) is 124 Å². The first-order valence-corrected chi connectivity index (χ1v) is 9.58. The number of carboxylic acid groups (broad SMARTS) is 2. The second-order valence-electron chi connectivity index (χ2n) is 6.44. The maximum absolute atomic E-state index is 13.1. The third-order valence-electron chi connectivity index (χ3n) is 5.07. The number of hydrogen-bond donors (Lipinski definition) is 2. The van der Waals surface area contributed by atoms with Crippen molar-refractivity contribution in [2.24, 2.45) is 5.92 Å². The largest absolute Gasteiger partial charge is 0.497 e. The second kappa shape index (κ2) is 6.76. The molecule has 2 N–H and O–H groups in total. The van der Waals surface area contributed by atoms with Crippen LogP contribution < -0.4 is 4.74 Å². The number of hydrogen-bond acceptors (Lipinski definition) is 5. The maximum atomic E-state index is 13.1. The van der Waals surface area contributed by atoms with Crippen molar-refractivity contribution < 1.29 is 33.0 Å². The third-order valence-corrected chi connectivity index (χ3v) is 7.02. The predicted octanol–water partition coefficient (Wildman–Crippen LogP) is 0.911. The van der Waals surface area contributed by atoms with Crippen LogP contribution in [0, 0.1) is 5.92 Å². The van der Waals surface area contributed by atoms with E-state index in [9.17, 15) is 28.2 Å². The molecule has 3 atom stereocenters. The summed E-state index contributed by atoms with van der Waals surface area (Å²) < 4.78 is 32.3. The number of piperidine rings is 1. The van der Waals surface area contributed by atoms with Crippen LogP contribution in [-0.4, -0.2) is 72.2 Å². The van der Waals surface area contributed by atoms with E-state index in [0.717, 1.165) is 9.21 Å². The SMILES string of the molecule is COc1ccc(S(=O)(=O)N2C(C(=O)O)CC3CCN(C(=O)O)C[C@@H]32)cc1. The molecule has 2 heterocycles. The first-order chi connectivity index (χ1) is 12.3.